The van der Waals surface area contributed by atoms with Crippen LogP contribution >= 0.6 is 15.9 Å². The van der Waals surface area contributed by atoms with Gasteiger partial charge in [-0.15, -0.1) is 0 Å². The van der Waals surface area contributed by atoms with Crippen LogP contribution in [0.2, 0.25) is 0 Å². The summed E-state index contributed by atoms with van der Waals surface area (Å²) in [6.07, 6.45) is -0.962. The Balaban J connectivity index is 1.63. The Hall–Kier alpha value is -2.23. The number of nitrogens with zero attached hydrogens (tertiary/aromatic N) is 2. The minimum atomic E-state index is -3.86. The van der Waals surface area contributed by atoms with E-state index in [-0.39, 0.29) is 31.1 Å². The SMILES string of the molecule is O=S(=O)(c1ccc(Br)cc1)N(CCO)C[C@H](O)Cn1c2ccccc2c2ccccc21. The van der Waals surface area contributed by atoms with Gasteiger partial charge in [0.2, 0.25) is 10.0 Å². The highest BCUT2D eigenvalue weighted by molar-refractivity contribution is 9.10. The van der Waals surface area contributed by atoms with Crippen LogP contribution in [0.25, 0.3) is 21.8 Å². The minimum absolute atomic E-state index is 0.0946. The molecule has 6 nitrogen and oxygen atoms in total. The van der Waals surface area contributed by atoms with Crippen LogP contribution < -0.4 is 0 Å². The summed E-state index contributed by atoms with van der Waals surface area (Å²) in [5.74, 6) is 0. The molecule has 0 aliphatic heterocycles. The topological polar surface area (TPSA) is 82.8 Å². The van der Waals surface area contributed by atoms with Crippen molar-refractivity contribution in [2.24, 2.45) is 0 Å². The monoisotopic (exact) mass is 502 g/mol. The summed E-state index contributed by atoms with van der Waals surface area (Å²) < 4.78 is 30.1. The third-order valence-electron chi connectivity index (χ3n) is 5.29. The Kier molecular flexibility index (Phi) is 6.45. The van der Waals surface area contributed by atoms with Gasteiger partial charge in [-0.2, -0.15) is 4.31 Å². The fourth-order valence-corrected chi connectivity index (χ4v) is 5.61. The Morgan fingerprint density at radius 3 is 2.00 bits per heavy atom. The molecule has 0 spiro atoms. The number of aliphatic hydroxyl groups is 2. The molecule has 1 heterocycles. The number of para-hydroxylation sites is 2. The fourth-order valence-electron chi connectivity index (χ4n) is 3.88. The van der Waals surface area contributed by atoms with E-state index in [1.54, 1.807) is 12.1 Å². The minimum Gasteiger partial charge on any atom is -0.395 e. The van der Waals surface area contributed by atoms with Crippen molar-refractivity contribution < 1.29 is 18.6 Å². The summed E-state index contributed by atoms with van der Waals surface area (Å²) in [5.41, 5.74) is 1.96. The molecule has 0 bridgehead atoms. The molecule has 0 aliphatic rings. The molecule has 0 fully saturated rings. The predicted octanol–water partition coefficient (Wildman–Crippen LogP) is 3.60. The van der Waals surface area contributed by atoms with Gasteiger partial charge in [-0.1, -0.05) is 52.3 Å². The third kappa shape index (κ3) is 4.40. The molecule has 3 aromatic carbocycles. The van der Waals surface area contributed by atoms with Crippen LogP contribution in [0.1, 0.15) is 0 Å². The number of hydrogen-bond acceptors (Lipinski definition) is 4. The van der Waals surface area contributed by atoms with E-state index < -0.39 is 16.1 Å². The fraction of sp³-hybridized carbons (Fsp3) is 0.217. The van der Waals surface area contributed by atoms with Crippen molar-refractivity contribution in [3.05, 3.63) is 77.3 Å². The standard InChI is InChI=1S/C23H23BrN2O4S/c24-17-9-11-19(12-10-17)31(29,30)25(13-14-27)15-18(28)16-26-22-7-3-1-5-20(22)21-6-2-4-8-23(21)26/h1-12,18,27-28H,13-16H2/t18-/m0/s1. The van der Waals surface area contributed by atoms with E-state index in [2.05, 4.69) is 15.9 Å². The average Bonchev–Trinajstić information content (AvgIpc) is 3.08. The molecule has 1 atom stereocenters. The largest absolute Gasteiger partial charge is 0.395 e. The molecule has 0 aliphatic carbocycles. The van der Waals surface area contributed by atoms with Crippen LogP contribution in [0, 0.1) is 0 Å². The van der Waals surface area contributed by atoms with Crippen molar-refractivity contribution >= 4 is 47.8 Å². The van der Waals surface area contributed by atoms with Gasteiger partial charge < -0.3 is 14.8 Å². The van der Waals surface area contributed by atoms with Crippen molar-refractivity contribution in [3.63, 3.8) is 0 Å². The first kappa shape index (κ1) is 22.0. The van der Waals surface area contributed by atoms with Gasteiger partial charge in [0.1, 0.15) is 0 Å². The van der Waals surface area contributed by atoms with Gasteiger partial charge in [0.15, 0.2) is 0 Å². The van der Waals surface area contributed by atoms with Gasteiger partial charge in [-0.3, -0.25) is 0 Å². The molecular weight excluding hydrogens is 480 g/mol. The lowest BCUT2D eigenvalue weighted by Crippen LogP contribution is -2.40. The molecule has 0 radical (unpaired) electrons. The highest BCUT2D eigenvalue weighted by Gasteiger charge is 2.27. The van der Waals surface area contributed by atoms with Gasteiger partial charge in [0.05, 0.1) is 24.2 Å². The second-order valence-corrected chi connectivity index (χ2v) is 10.2. The maximum atomic E-state index is 13.1. The van der Waals surface area contributed by atoms with Crippen molar-refractivity contribution in [1.29, 1.82) is 0 Å². The van der Waals surface area contributed by atoms with E-state index in [9.17, 15) is 18.6 Å². The highest BCUT2D eigenvalue weighted by atomic mass is 79.9. The van der Waals surface area contributed by atoms with Crippen LogP contribution in [0.4, 0.5) is 0 Å². The summed E-state index contributed by atoms with van der Waals surface area (Å²) in [6.45, 7) is -0.327. The van der Waals surface area contributed by atoms with Crippen LogP contribution in [0.3, 0.4) is 0 Å². The molecule has 4 aromatic rings. The quantitative estimate of drug-likeness (QED) is 0.385. The van der Waals surface area contributed by atoms with Crippen molar-refractivity contribution in [1.82, 2.24) is 8.87 Å². The number of fused-ring (bicyclic) bond motifs is 3. The summed E-state index contributed by atoms with van der Waals surface area (Å²) in [7, 11) is -3.86. The number of sulfonamides is 1. The van der Waals surface area contributed by atoms with Gasteiger partial charge in [-0.25, -0.2) is 8.42 Å². The number of benzene rings is 3. The van der Waals surface area contributed by atoms with E-state index in [0.717, 1.165) is 30.6 Å². The zero-order valence-electron chi connectivity index (χ0n) is 16.7. The van der Waals surface area contributed by atoms with Crippen LogP contribution in [-0.4, -0.2) is 53.3 Å². The van der Waals surface area contributed by atoms with E-state index in [0.29, 0.717) is 0 Å². The van der Waals surface area contributed by atoms with Crippen molar-refractivity contribution in [2.45, 2.75) is 17.5 Å². The Morgan fingerprint density at radius 1 is 0.903 bits per heavy atom. The Bertz CT molecular complexity index is 1250. The summed E-state index contributed by atoms with van der Waals surface area (Å²) >= 11 is 3.30. The van der Waals surface area contributed by atoms with Crippen LogP contribution in [0.5, 0.6) is 0 Å². The smallest absolute Gasteiger partial charge is 0.243 e. The molecule has 0 amide bonds. The van der Waals surface area contributed by atoms with Crippen molar-refractivity contribution in [3.8, 4) is 0 Å². The normalized spacial score (nSPS) is 13.3. The lowest BCUT2D eigenvalue weighted by molar-refractivity contribution is 0.123. The number of hydrogen-bond donors (Lipinski definition) is 2. The number of aliphatic hydroxyl groups excluding tert-OH is 2. The van der Waals surface area contributed by atoms with E-state index in [4.69, 9.17) is 0 Å². The number of halogens is 1. The molecule has 8 heteroatoms. The van der Waals surface area contributed by atoms with Crippen LogP contribution in [-0.2, 0) is 16.6 Å². The lowest BCUT2D eigenvalue weighted by Gasteiger charge is -2.24. The molecule has 1 aromatic heterocycles. The second kappa shape index (κ2) is 9.10. The van der Waals surface area contributed by atoms with E-state index in [1.807, 2.05) is 53.1 Å². The Morgan fingerprint density at radius 2 is 1.45 bits per heavy atom. The first-order valence-electron chi connectivity index (χ1n) is 9.92. The lowest BCUT2D eigenvalue weighted by atomic mass is 10.2. The molecule has 31 heavy (non-hydrogen) atoms. The maximum Gasteiger partial charge on any atom is 0.243 e. The second-order valence-electron chi connectivity index (χ2n) is 7.34. The Labute approximate surface area is 189 Å². The first-order chi connectivity index (χ1) is 14.9. The summed E-state index contributed by atoms with van der Waals surface area (Å²) in [5, 5.41) is 22.5. The molecule has 0 unspecified atom stereocenters. The molecule has 2 N–H and O–H groups in total. The highest BCUT2D eigenvalue weighted by Crippen LogP contribution is 2.29. The third-order valence-corrected chi connectivity index (χ3v) is 7.70. The van der Waals surface area contributed by atoms with Gasteiger partial charge in [0.25, 0.3) is 0 Å². The number of aromatic nitrogens is 1. The van der Waals surface area contributed by atoms with Crippen LogP contribution in [0.15, 0.2) is 82.2 Å². The number of rotatable bonds is 8. The molecular formula is C23H23BrN2O4S. The first-order valence-corrected chi connectivity index (χ1v) is 12.2. The van der Waals surface area contributed by atoms with E-state index >= 15 is 0 Å². The van der Waals surface area contributed by atoms with Gasteiger partial charge in [-0.05, 0) is 36.4 Å². The van der Waals surface area contributed by atoms with Gasteiger partial charge in [0, 0.05) is 39.4 Å². The molecule has 162 valence electrons. The predicted molar refractivity (Wildman–Crippen MR) is 125 cm³/mol. The zero-order valence-corrected chi connectivity index (χ0v) is 19.1. The zero-order chi connectivity index (χ0) is 22.0. The average molecular weight is 503 g/mol. The molecule has 0 saturated heterocycles. The van der Waals surface area contributed by atoms with Crippen molar-refractivity contribution in [2.75, 3.05) is 19.7 Å². The molecule has 0 saturated carbocycles. The maximum absolute atomic E-state index is 13.1. The molecule has 4 rings (SSSR count). The summed E-state index contributed by atoms with van der Waals surface area (Å²) in [4.78, 5) is 0.119. The summed E-state index contributed by atoms with van der Waals surface area (Å²) in [6, 6.07) is 22.2. The van der Waals surface area contributed by atoms with Gasteiger partial charge >= 0.3 is 0 Å². The van der Waals surface area contributed by atoms with E-state index in [1.165, 1.54) is 12.1 Å².